The van der Waals surface area contributed by atoms with Gasteiger partial charge in [0.2, 0.25) is 4.77 Å². The fourth-order valence-electron chi connectivity index (χ4n) is 1.38. The molecule has 0 amide bonds. The van der Waals surface area contributed by atoms with Gasteiger partial charge in [-0.2, -0.15) is 14.9 Å². The highest BCUT2D eigenvalue weighted by Crippen LogP contribution is 2.26. The fourth-order valence-corrected chi connectivity index (χ4v) is 1.53. The molecule has 0 saturated carbocycles. The minimum atomic E-state index is -0.514. The second kappa shape index (κ2) is 5.40. The maximum absolute atomic E-state index is 10.9. The van der Waals surface area contributed by atoms with Crippen molar-refractivity contribution < 1.29 is 9.66 Å². The van der Waals surface area contributed by atoms with E-state index >= 15 is 0 Å². The van der Waals surface area contributed by atoms with E-state index in [4.69, 9.17) is 17.0 Å². The molecule has 0 aliphatic heterocycles. The summed E-state index contributed by atoms with van der Waals surface area (Å²) in [4.78, 5) is 10.3. The first-order chi connectivity index (χ1) is 9.11. The molecule has 1 aromatic carbocycles. The molecular formula is C10H9N5O3S. The van der Waals surface area contributed by atoms with Crippen LogP contribution >= 0.6 is 12.2 Å². The molecule has 0 aliphatic carbocycles. The first-order valence-corrected chi connectivity index (χ1v) is 5.51. The summed E-state index contributed by atoms with van der Waals surface area (Å²) >= 11 is 4.91. The van der Waals surface area contributed by atoms with Gasteiger partial charge in [-0.05, 0) is 24.4 Å². The number of hydrogen-bond donors (Lipinski definition) is 1. The van der Waals surface area contributed by atoms with Crippen LogP contribution in [0.15, 0.2) is 29.6 Å². The summed E-state index contributed by atoms with van der Waals surface area (Å²) in [5.74, 6) is 0.196. The van der Waals surface area contributed by atoms with Gasteiger partial charge in [-0.25, -0.2) is 0 Å². The number of nitrogens with one attached hydrogen (secondary N) is 1. The molecule has 98 valence electrons. The molecular weight excluding hydrogens is 270 g/mol. The van der Waals surface area contributed by atoms with Crippen LogP contribution in [0.3, 0.4) is 0 Å². The van der Waals surface area contributed by atoms with E-state index in [-0.39, 0.29) is 11.4 Å². The molecule has 0 fully saturated rings. The van der Waals surface area contributed by atoms with Crippen molar-refractivity contribution in [1.82, 2.24) is 14.9 Å². The van der Waals surface area contributed by atoms with E-state index in [1.165, 1.54) is 36.5 Å². The minimum Gasteiger partial charge on any atom is -0.490 e. The Morgan fingerprint density at radius 3 is 3.00 bits per heavy atom. The van der Waals surface area contributed by atoms with Gasteiger partial charge in [-0.3, -0.25) is 15.2 Å². The molecule has 0 radical (unpaired) electrons. The van der Waals surface area contributed by atoms with E-state index in [1.807, 2.05) is 0 Å². The SMILES string of the molecule is COc1ccc(/C=N\n2cn[nH]c2=S)cc1[N+](=O)[O-]. The molecule has 0 unspecified atom stereocenters. The molecule has 2 rings (SSSR count). The van der Waals surface area contributed by atoms with Gasteiger partial charge in [0.15, 0.2) is 5.75 Å². The van der Waals surface area contributed by atoms with Gasteiger partial charge in [0.1, 0.15) is 6.33 Å². The second-order valence-electron chi connectivity index (χ2n) is 3.44. The first kappa shape index (κ1) is 12.9. The third-order valence-electron chi connectivity index (χ3n) is 2.27. The zero-order valence-electron chi connectivity index (χ0n) is 9.81. The Balaban J connectivity index is 2.34. The Labute approximate surface area is 112 Å². The second-order valence-corrected chi connectivity index (χ2v) is 3.83. The molecule has 1 N–H and O–H groups in total. The largest absolute Gasteiger partial charge is 0.490 e. The lowest BCUT2D eigenvalue weighted by Gasteiger charge is -2.01. The number of aromatic amines is 1. The van der Waals surface area contributed by atoms with Crippen LogP contribution in [-0.4, -0.2) is 33.1 Å². The molecule has 2 aromatic rings. The summed E-state index contributed by atoms with van der Waals surface area (Å²) in [7, 11) is 1.38. The van der Waals surface area contributed by atoms with Crippen LogP contribution < -0.4 is 4.74 Å². The molecule has 0 bridgehead atoms. The van der Waals surface area contributed by atoms with E-state index in [1.54, 1.807) is 6.07 Å². The smallest absolute Gasteiger partial charge is 0.311 e. The summed E-state index contributed by atoms with van der Waals surface area (Å²) in [5, 5.41) is 21.1. The van der Waals surface area contributed by atoms with Crippen LogP contribution in [-0.2, 0) is 0 Å². The van der Waals surface area contributed by atoms with Crippen molar-refractivity contribution in [2.75, 3.05) is 7.11 Å². The average molecular weight is 279 g/mol. The molecule has 0 saturated heterocycles. The molecule has 1 aromatic heterocycles. The quantitative estimate of drug-likeness (QED) is 0.398. The summed E-state index contributed by atoms with van der Waals surface area (Å²) in [6.45, 7) is 0. The van der Waals surface area contributed by atoms with Crippen LogP contribution in [0.2, 0.25) is 0 Å². The summed E-state index contributed by atoms with van der Waals surface area (Å²) in [6.07, 6.45) is 2.84. The number of aromatic nitrogens is 3. The van der Waals surface area contributed by atoms with Crippen molar-refractivity contribution in [1.29, 1.82) is 0 Å². The third kappa shape index (κ3) is 2.83. The number of nitro benzene ring substituents is 1. The van der Waals surface area contributed by atoms with Crippen molar-refractivity contribution in [3.8, 4) is 5.75 Å². The van der Waals surface area contributed by atoms with E-state index < -0.39 is 4.92 Å². The van der Waals surface area contributed by atoms with Crippen LogP contribution in [0.4, 0.5) is 5.69 Å². The monoisotopic (exact) mass is 279 g/mol. The zero-order valence-corrected chi connectivity index (χ0v) is 10.6. The highest BCUT2D eigenvalue weighted by Gasteiger charge is 2.14. The molecule has 9 heteroatoms. The lowest BCUT2D eigenvalue weighted by atomic mass is 10.2. The van der Waals surface area contributed by atoms with Gasteiger partial charge in [0, 0.05) is 11.6 Å². The third-order valence-corrected chi connectivity index (χ3v) is 2.54. The first-order valence-electron chi connectivity index (χ1n) is 5.10. The number of rotatable bonds is 4. The van der Waals surface area contributed by atoms with Crippen LogP contribution in [0.5, 0.6) is 5.75 Å². The van der Waals surface area contributed by atoms with Crippen molar-refractivity contribution in [3.05, 3.63) is 45.0 Å². The van der Waals surface area contributed by atoms with Crippen LogP contribution in [0.1, 0.15) is 5.56 Å². The molecule has 0 spiro atoms. The van der Waals surface area contributed by atoms with Gasteiger partial charge >= 0.3 is 5.69 Å². The number of nitro groups is 1. The average Bonchev–Trinajstić information content (AvgIpc) is 2.81. The standard InChI is InChI=1S/C10H9N5O3S/c1-18-9-3-2-7(4-8(9)15(16)17)5-12-14-6-11-13-10(14)19/h2-6H,1H3,(H,13,19)/b12-5-. The summed E-state index contributed by atoms with van der Waals surface area (Å²) < 4.78 is 6.58. The highest BCUT2D eigenvalue weighted by atomic mass is 32.1. The molecule has 19 heavy (non-hydrogen) atoms. The number of methoxy groups -OCH3 is 1. The van der Waals surface area contributed by atoms with Gasteiger partial charge in [-0.15, -0.1) is 0 Å². The van der Waals surface area contributed by atoms with Gasteiger partial charge in [0.05, 0.1) is 18.2 Å². The Hall–Kier alpha value is -2.55. The predicted octanol–water partition coefficient (Wildman–Crippen LogP) is 1.74. The lowest BCUT2D eigenvalue weighted by molar-refractivity contribution is -0.385. The molecule has 8 nitrogen and oxygen atoms in total. The van der Waals surface area contributed by atoms with E-state index in [0.29, 0.717) is 10.3 Å². The van der Waals surface area contributed by atoms with Crippen LogP contribution in [0, 0.1) is 14.9 Å². The van der Waals surface area contributed by atoms with Crippen molar-refractivity contribution in [3.63, 3.8) is 0 Å². The Morgan fingerprint density at radius 1 is 1.63 bits per heavy atom. The Bertz CT molecular complexity index is 690. The lowest BCUT2D eigenvalue weighted by Crippen LogP contribution is -1.96. The highest BCUT2D eigenvalue weighted by molar-refractivity contribution is 7.71. The normalized spacial score (nSPS) is 10.8. The maximum Gasteiger partial charge on any atom is 0.311 e. The Kier molecular flexibility index (Phi) is 3.66. The zero-order chi connectivity index (χ0) is 13.8. The predicted molar refractivity (Wildman–Crippen MR) is 70.1 cm³/mol. The topological polar surface area (TPSA) is 98.3 Å². The van der Waals surface area contributed by atoms with Gasteiger partial charge < -0.3 is 4.74 Å². The van der Waals surface area contributed by atoms with E-state index in [0.717, 1.165) is 0 Å². The number of ether oxygens (including phenoxy) is 1. The summed E-state index contributed by atoms with van der Waals surface area (Å²) in [5.41, 5.74) is 0.429. The number of benzene rings is 1. The van der Waals surface area contributed by atoms with Crippen LogP contribution in [0.25, 0.3) is 0 Å². The number of hydrogen-bond acceptors (Lipinski definition) is 6. The van der Waals surface area contributed by atoms with Crippen molar-refractivity contribution in [2.24, 2.45) is 5.10 Å². The number of nitrogens with zero attached hydrogens (tertiary/aromatic N) is 4. The number of H-pyrrole nitrogens is 1. The van der Waals surface area contributed by atoms with E-state index in [2.05, 4.69) is 15.3 Å². The van der Waals surface area contributed by atoms with E-state index in [9.17, 15) is 10.1 Å². The Morgan fingerprint density at radius 2 is 2.42 bits per heavy atom. The van der Waals surface area contributed by atoms with Crippen molar-refractivity contribution in [2.45, 2.75) is 0 Å². The van der Waals surface area contributed by atoms with Gasteiger partial charge in [0.25, 0.3) is 0 Å². The molecule has 0 aliphatic rings. The fraction of sp³-hybridized carbons (Fsp3) is 0.100. The maximum atomic E-state index is 10.9. The van der Waals surface area contributed by atoms with Gasteiger partial charge in [-0.1, -0.05) is 0 Å². The van der Waals surface area contributed by atoms with Crippen molar-refractivity contribution >= 4 is 24.1 Å². The molecule has 1 heterocycles. The molecule has 0 atom stereocenters. The minimum absolute atomic E-state index is 0.123. The summed E-state index contributed by atoms with van der Waals surface area (Å²) in [6, 6.07) is 4.53.